The summed E-state index contributed by atoms with van der Waals surface area (Å²) in [6.07, 6.45) is 1.82. The van der Waals surface area contributed by atoms with Crippen LogP contribution < -0.4 is 4.90 Å². The van der Waals surface area contributed by atoms with Crippen molar-refractivity contribution in [1.82, 2.24) is 24.3 Å². The molecule has 6 heteroatoms. The highest BCUT2D eigenvalue weighted by Crippen LogP contribution is 2.40. The highest BCUT2D eigenvalue weighted by molar-refractivity contribution is 6.20. The Morgan fingerprint density at radius 2 is 0.978 bits per heavy atom. The van der Waals surface area contributed by atoms with Gasteiger partial charge in [0, 0.05) is 40.0 Å². The van der Waals surface area contributed by atoms with Crippen LogP contribution in [-0.2, 0) is 0 Å². The standard InChI is InChI=1S/C39H26N6/c1-4-14-27(15-5-1)43(28-16-6-2-7-17-28)30-20-12-21-31(26-30)45-33-23-11-10-22-32(33)35-38(45)39-37(42-41-35)36-34(24-13-25-40-36)44(39)29-18-8-3-9-19-29/h1-26H. The van der Waals surface area contributed by atoms with Crippen LogP contribution in [0.25, 0.3) is 55.4 Å². The molecular formula is C39H26N6. The fraction of sp³-hybridized carbons (Fsp3) is 0. The molecule has 0 spiro atoms. The molecule has 9 aromatic rings. The minimum Gasteiger partial charge on any atom is -0.310 e. The van der Waals surface area contributed by atoms with E-state index in [0.717, 1.165) is 72.4 Å². The third kappa shape index (κ3) is 3.93. The molecule has 4 aromatic heterocycles. The van der Waals surface area contributed by atoms with E-state index < -0.39 is 0 Å². The molecule has 0 unspecified atom stereocenters. The molecule has 0 radical (unpaired) electrons. The molecule has 0 aliphatic rings. The molecule has 0 saturated heterocycles. The minimum absolute atomic E-state index is 0.775. The molecule has 0 saturated carbocycles. The first-order valence-electron chi connectivity index (χ1n) is 15.0. The molecule has 5 aromatic carbocycles. The normalized spacial score (nSPS) is 11.6. The molecule has 0 fully saturated rings. The lowest BCUT2D eigenvalue weighted by atomic mass is 10.1. The van der Waals surface area contributed by atoms with E-state index in [1.54, 1.807) is 0 Å². The summed E-state index contributed by atoms with van der Waals surface area (Å²) in [4.78, 5) is 7.07. The SMILES string of the molecule is c1ccc(N(c2ccccc2)c2cccc(-n3c4ccccc4c4nnc5c6ncccc6n(-c6ccccc6)c5c43)c2)cc1. The van der Waals surface area contributed by atoms with Gasteiger partial charge >= 0.3 is 0 Å². The van der Waals surface area contributed by atoms with E-state index in [4.69, 9.17) is 15.2 Å². The van der Waals surface area contributed by atoms with Crippen LogP contribution in [0.15, 0.2) is 158 Å². The molecule has 0 aliphatic carbocycles. The van der Waals surface area contributed by atoms with Crippen molar-refractivity contribution in [3.8, 4) is 11.4 Å². The number of rotatable bonds is 5. The zero-order chi connectivity index (χ0) is 29.7. The number of hydrogen-bond donors (Lipinski definition) is 0. The lowest BCUT2D eigenvalue weighted by molar-refractivity contribution is 1.10. The molecule has 0 N–H and O–H groups in total. The molecular weight excluding hydrogens is 552 g/mol. The van der Waals surface area contributed by atoms with Gasteiger partial charge in [0.05, 0.1) is 11.0 Å². The summed E-state index contributed by atoms with van der Waals surface area (Å²) < 4.78 is 4.60. The van der Waals surface area contributed by atoms with Crippen molar-refractivity contribution in [2.75, 3.05) is 4.90 Å². The van der Waals surface area contributed by atoms with Gasteiger partial charge in [-0.15, -0.1) is 10.2 Å². The maximum absolute atomic E-state index is 4.86. The van der Waals surface area contributed by atoms with E-state index in [1.165, 1.54) is 0 Å². The third-order valence-electron chi connectivity index (χ3n) is 8.41. The lowest BCUT2D eigenvalue weighted by Crippen LogP contribution is -2.10. The highest BCUT2D eigenvalue weighted by atomic mass is 15.2. The second-order valence-electron chi connectivity index (χ2n) is 11.0. The smallest absolute Gasteiger partial charge is 0.140 e. The van der Waals surface area contributed by atoms with Crippen molar-refractivity contribution in [1.29, 1.82) is 0 Å². The Hall–Kier alpha value is -6.27. The van der Waals surface area contributed by atoms with Crippen LogP contribution in [0.3, 0.4) is 0 Å². The van der Waals surface area contributed by atoms with Crippen molar-refractivity contribution in [2.24, 2.45) is 0 Å². The number of aromatic nitrogens is 5. The summed E-state index contributed by atoms with van der Waals surface area (Å²) in [6, 6.07) is 52.7. The average Bonchev–Trinajstić information content (AvgIpc) is 3.63. The zero-order valence-electron chi connectivity index (χ0n) is 24.2. The van der Waals surface area contributed by atoms with Crippen molar-refractivity contribution in [3.05, 3.63) is 158 Å². The number of para-hydroxylation sites is 4. The quantitative estimate of drug-likeness (QED) is 0.204. The number of anilines is 3. The fourth-order valence-corrected chi connectivity index (χ4v) is 6.54. The predicted octanol–water partition coefficient (Wildman–Crippen LogP) is 9.54. The molecule has 0 amide bonds. The molecule has 45 heavy (non-hydrogen) atoms. The summed E-state index contributed by atoms with van der Waals surface area (Å²) in [6.45, 7) is 0. The zero-order valence-corrected chi connectivity index (χ0v) is 24.2. The minimum atomic E-state index is 0.775. The Morgan fingerprint density at radius 1 is 0.422 bits per heavy atom. The van der Waals surface area contributed by atoms with Crippen LogP contribution in [0.1, 0.15) is 0 Å². The fourth-order valence-electron chi connectivity index (χ4n) is 6.54. The first kappa shape index (κ1) is 25.2. The summed E-state index contributed by atoms with van der Waals surface area (Å²) in [5.41, 5.74) is 11.8. The molecule has 0 atom stereocenters. The van der Waals surface area contributed by atoms with Gasteiger partial charge in [-0.1, -0.05) is 78.9 Å². The summed E-state index contributed by atoms with van der Waals surface area (Å²) in [5.74, 6) is 0. The van der Waals surface area contributed by atoms with Gasteiger partial charge in [-0.05, 0) is 72.8 Å². The van der Waals surface area contributed by atoms with Crippen LogP contribution in [-0.4, -0.2) is 24.3 Å². The van der Waals surface area contributed by atoms with Gasteiger partial charge in [0.1, 0.15) is 27.6 Å². The van der Waals surface area contributed by atoms with Crippen molar-refractivity contribution in [3.63, 3.8) is 0 Å². The van der Waals surface area contributed by atoms with Crippen LogP contribution in [0.2, 0.25) is 0 Å². The van der Waals surface area contributed by atoms with Crippen LogP contribution in [0, 0.1) is 0 Å². The predicted molar refractivity (Wildman–Crippen MR) is 183 cm³/mol. The van der Waals surface area contributed by atoms with Crippen LogP contribution >= 0.6 is 0 Å². The first-order valence-corrected chi connectivity index (χ1v) is 15.0. The van der Waals surface area contributed by atoms with Gasteiger partial charge < -0.3 is 14.0 Å². The Kier molecular flexibility index (Phi) is 5.71. The Bertz CT molecular complexity index is 2440. The van der Waals surface area contributed by atoms with E-state index in [9.17, 15) is 0 Å². The van der Waals surface area contributed by atoms with Crippen molar-refractivity contribution >= 4 is 61.1 Å². The number of hydrogen-bond acceptors (Lipinski definition) is 4. The molecule has 0 bridgehead atoms. The molecule has 212 valence electrons. The van der Waals surface area contributed by atoms with Crippen molar-refractivity contribution in [2.45, 2.75) is 0 Å². The topological polar surface area (TPSA) is 51.8 Å². The average molecular weight is 579 g/mol. The molecule has 6 nitrogen and oxygen atoms in total. The van der Waals surface area contributed by atoms with Gasteiger partial charge in [-0.2, -0.15) is 0 Å². The second-order valence-corrected chi connectivity index (χ2v) is 11.0. The van der Waals surface area contributed by atoms with E-state index in [1.807, 2.05) is 30.5 Å². The lowest BCUT2D eigenvalue weighted by Gasteiger charge is -2.26. The number of fused-ring (bicyclic) bond motifs is 7. The van der Waals surface area contributed by atoms with Crippen molar-refractivity contribution < 1.29 is 0 Å². The maximum Gasteiger partial charge on any atom is 0.140 e. The van der Waals surface area contributed by atoms with E-state index in [-0.39, 0.29) is 0 Å². The second kappa shape index (κ2) is 10.2. The van der Waals surface area contributed by atoms with E-state index >= 15 is 0 Å². The van der Waals surface area contributed by atoms with Crippen LogP contribution in [0.5, 0.6) is 0 Å². The monoisotopic (exact) mass is 578 g/mol. The highest BCUT2D eigenvalue weighted by Gasteiger charge is 2.24. The first-order chi connectivity index (χ1) is 22.4. The summed E-state index contributed by atoms with van der Waals surface area (Å²) in [7, 11) is 0. The van der Waals surface area contributed by atoms with E-state index in [2.05, 4.69) is 141 Å². The Morgan fingerprint density at radius 3 is 1.73 bits per heavy atom. The number of pyridine rings is 1. The Labute approximate surface area is 259 Å². The largest absolute Gasteiger partial charge is 0.310 e. The number of benzene rings is 5. The van der Waals surface area contributed by atoms with Gasteiger partial charge in [0.2, 0.25) is 0 Å². The summed E-state index contributed by atoms with van der Waals surface area (Å²) >= 11 is 0. The van der Waals surface area contributed by atoms with Gasteiger partial charge in [-0.3, -0.25) is 4.98 Å². The van der Waals surface area contributed by atoms with Gasteiger partial charge in [0.25, 0.3) is 0 Å². The molecule has 4 heterocycles. The van der Waals surface area contributed by atoms with Gasteiger partial charge in [-0.25, -0.2) is 0 Å². The summed E-state index contributed by atoms with van der Waals surface area (Å²) in [5, 5.41) is 10.7. The molecule has 0 aliphatic heterocycles. The van der Waals surface area contributed by atoms with Crippen LogP contribution in [0.4, 0.5) is 17.1 Å². The Balaban J connectivity index is 1.39. The molecule has 9 rings (SSSR count). The number of nitrogens with zero attached hydrogens (tertiary/aromatic N) is 6. The maximum atomic E-state index is 4.86. The van der Waals surface area contributed by atoms with E-state index in [0.29, 0.717) is 0 Å². The van der Waals surface area contributed by atoms with Gasteiger partial charge in [0.15, 0.2) is 0 Å². The third-order valence-corrected chi connectivity index (χ3v) is 8.41.